The van der Waals surface area contributed by atoms with E-state index in [4.69, 9.17) is 9.72 Å². The largest absolute Gasteiger partial charge is 0.465 e. The summed E-state index contributed by atoms with van der Waals surface area (Å²) in [6, 6.07) is -8.05. The van der Waals surface area contributed by atoms with E-state index < -0.39 is 162 Å². The Morgan fingerprint density at radius 1 is 0.531 bits per heavy atom. The van der Waals surface area contributed by atoms with Gasteiger partial charge in [-0.1, -0.05) is 96.9 Å². The van der Waals surface area contributed by atoms with E-state index in [9.17, 15) is 43.5 Å². The summed E-state index contributed by atoms with van der Waals surface area (Å²) >= 11 is 0. The minimum atomic E-state index is -1.76. The molecule has 11 amide bonds. The summed E-state index contributed by atoms with van der Waals surface area (Å²) < 4.78 is 6.67. The number of aliphatic hydroxyl groups is 1. The molecule has 96 heavy (non-hydrogen) atoms. The number of methoxy groups -OCH3 is 1. The molecule has 0 spiro atoms. The number of aromatic nitrogens is 2. The lowest BCUT2D eigenvalue weighted by atomic mass is 9.91. The molecular weight excluding hydrogens is 1230 g/mol. The number of aliphatic hydroxyl groups excluding tert-OH is 1. The number of aryl methyl sites for hydroxylation is 1. The summed E-state index contributed by atoms with van der Waals surface area (Å²) in [6.45, 7) is 27.2. The number of rotatable bonds is 16. The predicted octanol–water partition coefficient (Wildman–Crippen LogP) is 3.22. The molecular formula is C69H115N13O14. The number of fused-ring (bicyclic) bond motifs is 1. The number of amides is 11. The number of esters is 1. The number of hydrogen-bond donors (Lipinski definition) is 5. The van der Waals surface area contributed by atoms with E-state index in [-0.39, 0.29) is 67.8 Å². The van der Waals surface area contributed by atoms with Gasteiger partial charge in [0, 0.05) is 62.8 Å². The zero-order chi connectivity index (χ0) is 73.6. The SMILES string of the molecule is CCC1NC(=O)C(C(O)C(C)Cc2nc3ccc(C(=O)OC)cc3n2C)N(C)C(=O)C(C(C)C)N(C)C(=O)C(CC(C)C)N(C)C(=O)C(CC(C)C)N(C)C(=O)C(C)NC(=O)C(C)NC(=O)C(CC(C)C)N(C)C(=O)C(C(C)C)NC(=O)C(CC(C)C)N(C)C(=O)CN(C)C1=O. The second kappa shape index (κ2) is 36.0. The number of nitrogens with zero attached hydrogens (tertiary/aromatic N) is 9. The van der Waals surface area contributed by atoms with Crippen molar-refractivity contribution in [2.75, 3.05) is 63.0 Å². The van der Waals surface area contributed by atoms with E-state index in [0.29, 0.717) is 16.9 Å². The first-order valence-electron chi connectivity index (χ1n) is 33.7. The summed E-state index contributed by atoms with van der Waals surface area (Å²) in [7, 11) is 12.8. The van der Waals surface area contributed by atoms with Crippen LogP contribution >= 0.6 is 0 Å². The highest BCUT2D eigenvalue weighted by molar-refractivity contribution is 6.00. The van der Waals surface area contributed by atoms with Crippen molar-refractivity contribution < 1.29 is 67.4 Å². The number of likely N-dealkylation sites (N-methyl/N-ethyl adjacent to an activating group) is 7. The Balaban J connectivity index is 2.35. The van der Waals surface area contributed by atoms with Crippen molar-refractivity contribution in [1.29, 1.82) is 0 Å². The number of ether oxygens (including phenoxy) is 1. The first-order valence-corrected chi connectivity index (χ1v) is 33.7. The minimum absolute atomic E-state index is 0.0212. The van der Waals surface area contributed by atoms with Crippen molar-refractivity contribution in [3.63, 3.8) is 0 Å². The van der Waals surface area contributed by atoms with E-state index in [0.717, 1.165) is 9.80 Å². The average Bonchev–Trinajstić information content (AvgIpc) is 1.46. The van der Waals surface area contributed by atoms with E-state index in [1.54, 1.807) is 71.4 Å². The molecule has 540 valence electrons. The fraction of sp³-hybridized carbons (Fsp3) is 0.725. The smallest absolute Gasteiger partial charge is 0.337 e. The van der Waals surface area contributed by atoms with Gasteiger partial charge in [-0.2, -0.15) is 0 Å². The molecule has 0 aliphatic carbocycles. The Bertz CT molecular complexity index is 3090. The molecule has 0 saturated carbocycles. The highest BCUT2D eigenvalue weighted by Gasteiger charge is 2.46. The molecule has 1 aromatic carbocycles. The predicted molar refractivity (Wildman–Crippen MR) is 365 cm³/mol. The third kappa shape index (κ3) is 20.9. The van der Waals surface area contributed by atoms with E-state index in [1.165, 1.54) is 94.8 Å². The molecule has 0 radical (unpaired) electrons. The van der Waals surface area contributed by atoms with Crippen LogP contribution in [0.1, 0.15) is 159 Å². The summed E-state index contributed by atoms with van der Waals surface area (Å²) in [5.74, 6) is -10.7. The van der Waals surface area contributed by atoms with Crippen LogP contribution in [0.15, 0.2) is 18.2 Å². The molecule has 1 saturated heterocycles. The van der Waals surface area contributed by atoms with Gasteiger partial charge in [-0.05, 0) is 106 Å². The summed E-state index contributed by atoms with van der Waals surface area (Å²) in [5.41, 5.74) is 1.37. The van der Waals surface area contributed by atoms with Crippen LogP contribution in [0.2, 0.25) is 0 Å². The normalized spacial score (nSPS) is 25.1. The van der Waals surface area contributed by atoms with Gasteiger partial charge in [0.2, 0.25) is 65.0 Å². The fourth-order valence-electron chi connectivity index (χ4n) is 12.3. The number of benzene rings is 1. The Labute approximate surface area is 569 Å². The van der Waals surface area contributed by atoms with E-state index in [2.05, 4.69) is 21.3 Å². The van der Waals surface area contributed by atoms with E-state index >= 15 is 19.2 Å². The van der Waals surface area contributed by atoms with Gasteiger partial charge >= 0.3 is 5.97 Å². The third-order valence-corrected chi connectivity index (χ3v) is 18.2. The number of hydrogen-bond acceptors (Lipinski definition) is 15. The third-order valence-electron chi connectivity index (χ3n) is 18.2. The standard InChI is InChI=1S/C69H115N13O14/c1-26-46-64(90)75(17)35-54(83)77(19)49(29-36(2)3)61(87)74-55(40(10)11)67(93)78(20)50(30-37(4)5)60(86)70-43(15)59(85)71-44(16)63(89)79(21)51(31-38(6)7)65(91)80(22)52(32-39(8)9)66(92)81(23)56(41(12)13)68(94)82(24)57(62(88)73-46)58(84)42(14)33-53-72-47-28-27-45(69(95)96-25)34-48(47)76(53)18/h27-28,34,36-44,46,49-52,55-58,84H,26,29-33,35H2,1-25H3,(H,70,86)(H,71,85)(H,73,88)(H,74,87). The van der Waals surface area contributed by atoms with Gasteiger partial charge in [0.05, 0.1) is 36.4 Å². The Kier molecular flexibility index (Phi) is 31.0. The molecule has 27 heteroatoms. The average molecular weight is 1350 g/mol. The van der Waals surface area contributed by atoms with Crippen molar-refractivity contribution >= 4 is 82.0 Å². The van der Waals surface area contributed by atoms with Crippen LogP contribution in [0.25, 0.3) is 11.0 Å². The molecule has 12 atom stereocenters. The number of nitrogens with one attached hydrogen (secondary N) is 4. The lowest BCUT2D eigenvalue weighted by molar-refractivity contribution is -0.157. The van der Waals surface area contributed by atoms with Crippen LogP contribution in [-0.4, -0.2) is 249 Å². The maximum atomic E-state index is 15.5. The Hall–Kier alpha value is -7.71. The molecule has 0 bridgehead atoms. The quantitative estimate of drug-likeness (QED) is 0.151. The van der Waals surface area contributed by atoms with E-state index in [1.807, 2.05) is 55.4 Å². The van der Waals surface area contributed by atoms with Gasteiger partial charge in [-0.25, -0.2) is 9.78 Å². The zero-order valence-electron chi connectivity index (χ0n) is 61.9. The minimum Gasteiger partial charge on any atom is -0.465 e. The maximum absolute atomic E-state index is 15.5. The molecule has 5 N–H and O–H groups in total. The molecule has 3 rings (SSSR count). The van der Waals surface area contributed by atoms with Gasteiger partial charge in [0.15, 0.2) is 0 Å². The van der Waals surface area contributed by atoms with Gasteiger partial charge in [-0.15, -0.1) is 0 Å². The lowest BCUT2D eigenvalue weighted by Crippen LogP contribution is -2.63. The lowest BCUT2D eigenvalue weighted by Gasteiger charge is -2.41. The Morgan fingerprint density at radius 3 is 1.48 bits per heavy atom. The van der Waals surface area contributed by atoms with Crippen LogP contribution in [0.3, 0.4) is 0 Å². The summed E-state index contributed by atoms with van der Waals surface area (Å²) in [5, 5.41) is 23.7. The van der Waals surface area contributed by atoms with Crippen molar-refractivity contribution in [1.82, 2.24) is 65.1 Å². The van der Waals surface area contributed by atoms with Gasteiger partial charge in [-0.3, -0.25) is 52.7 Å². The molecule has 1 aliphatic heterocycles. The first-order chi connectivity index (χ1) is 44.5. The highest BCUT2D eigenvalue weighted by Crippen LogP contribution is 2.27. The Morgan fingerprint density at radius 2 is 0.990 bits per heavy atom. The zero-order valence-corrected chi connectivity index (χ0v) is 61.9. The van der Waals surface area contributed by atoms with Crippen LogP contribution in [0.4, 0.5) is 0 Å². The number of imidazole rings is 1. The number of carbonyl (C=O) groups excluding carboxylic acids is 12. The molecule has 27 nitrogen and oxygen atoms in total. The van der Waals surface area contributed by atoms with Crippen LogP contribution < -0.4 is 21.3 Å². The van der Waals surface area contributed by atoms with Crippen LogP contribution in [-0.2, 0) is 70.9 Å². The fourth-order valence-corrected chi connectivity index (χ4v) is 12.3. The van der Waals surface area contributed by atoms with Crippen molar-refractivity contribution in [3.8, 4) is 0 Å². The molecule has 1 aliphatic rings. The molecule has 1 fully saturated rings. The van der Waals surface area contributed by atoms with Crippen molar-refractivity contribution in [2.24, 2.45) is 48.5 Å². The van der Waals surface area contributed by atoms with Gasteiger partial charge in [0.25, 0.3) is 0 Å². The number of carbonyl (C=O) groups is 12. The summed E-state index contributed by atoms with van der Waals surface area (Å²) in [4.78, 5) is 188. The first kappa shape index (κ1) is 82.5. The molecule has 1 aromatic heterocycles. The monoisotopic (exact) mass is 1350 g/mol. The molecule has 2 aromatic rings. The second-order valence-corrected chi connectivity index (χ2v) is 28.8. The van der Waals surface area contributed by atoms with Gasteiger partial charge in [0.1, 0.15) is 66.2 Å². The van der Waals surface area contributed by atoms with Crippen LogP contribution in [0, 0.1) is 41.4 Å². The molecule has 2 heterocycles. The van der Waals surface area contributed by atoms with Crippen molar-refractivity contribution in [2.45, 2.75) is 216 Å². The second-order valence-electron chi connectivity index (χ2n) is 28.8. The van der Waals surface area contributed by atoms with Gasteiger partial charge < -0.3 is 70.0 Å². The summed E-state index contributed by atoms with van der Waals surface area (Å²) in [6.07, 6.45) is -1.21. The maximum Gasteiger partial charge on any atom is 0.337 e. The van der Waals surface area contributed by atoms with Crippen molar-refractivity contribution in [3.05, 3.63) is 29.6 Å². The highest BCUT2D eigenvalue weighted by atomic mass is 16.5. The topological polar surface area (TPSA) is 323 Å². The molecule has 12 unspecified atom stereocenters. The van der Waals surface area contributed by atoms with Crippen LogP contribution in [0.5, 0.6) is 0 Å².